The van der Waals surface area contributed by atoms with Gasteiger partial charge < -0.3 is 5.73 Å². The van der Waals surface area contributed by atoms with E-state index < -0.39 is 0 Å². The highest BCUT2D eigenvalue weighted by molar-refractivity contribution is 9.10. The van der Waals surface area contributed by atoms with Gasteiger partial charge in [0.05, 0.1) is 12.2 Å². The number of hydrogen-bond acceptors (Lipinski definition) is 3. The molecule has 3 aromatic rings. The fourth-order valence-corrected chi connectivity index (χ4v) is 2.71. The summed E-state index contributed by atoms with van der Waals surface area (Å²) in [4.78, 5) is 4.40. The Morgan fingerprint density at radius 2 is 2.05 bits per heavy atom. The van der Waals surface area contributed by atoms with Gasteiger partial charge in [-0.2, -0.15) is 5.10 Å². The van der Waals surface area contributed by atoms with Crippen LogP contribution < -0.4 is 5.73 Å². The van der Waals surface area contributed by atoms with E-state index in [1.54, 1.807) is 0 Å². The Morgan fingerprint density at radius 1 is 1.32 bits per heavy atom. The van der Waals surface area contributed by atoms with E-state index in [1.165, 1.54) is 0 Å². The number of anilines is 1. The molecular formula is C13H14BrN5. The summed E-state index contributed by atoms with van der Waals surface area (Å²) in [6.45, 7) is 2.61. The highest BCUT2D eigenvalue weighted by Crippen LogP contribution is 2.24. The second kappa shape index (κ2) is 4.38. The van der Waals surface area contributed by atoms with Crippen molar-refractivity contribution >= 4 is 33.0 Å². The maximum atomic E-state index is 6.03. The van der Waals surface area contributed by atoms with E-state index in [9.17, 15) is 0 Å². The molecule has 0 fully saturated rings. The summed E-state index contributed by atoms with van der Waals surface area (Å²) < 4.78 is 4.87. The Balaban J connectivity index is 2.15. The lowest BCUT2D eigenvalue weighted by Gasteiger charge is -2.08. The molecule has 5 nitrogen and oxygen atoms in total. The zero-order valence-corrected chi connectivity index (χ0v) is 12.3. The molecule has 0 aliphatic heterocycles. The van der Waals surface area contributed by atoms with Crippen LogP contribution >= 0.6 is 15.9 Å². The molecule has 0 atom stereocenters. The maximum absolute atomic E-state index is 6.03. The smallest absolute Gasteiger partial charge is 0.202 e. The number of hydrogen-bond donors (Lipinski definition) is 1. The van der Waals surface area contributed by atoms with Crippen LogP contribution in [0.25, 0.3) is 11.2 Å². The predicted molar refractivity (Wildman–Crippen MR) is 78.9 cm³/mol. The predicted octanol–water partition coefficient (Wildman–Crippen LogP) is 2.47. The van der Waals surface area contributed by atoms with Crippen molar-refractivity contribution in [3.05, 3.63) is 40.0 Å². The van der Waals surface area contributed by atoms with E-state index in [0.29, 0.717) is 12.5 Å². The zero-order valence-electron chi connectivity index (χ0n) is 10.8. The molecule has 0 saturated heterocycles. The van der Waals surface area contributed by atoms with Crippen LogP contribution in [0.4, 0.5) is 5.95 Å². The quantitative estimate of drug-likeness (QED) is 0.789. The lowest BCUT2D eigenvalue weighted by molar-refractivity contribution is 0.725. The molecule has 0 spiro atoms. The van der Waals surface area contributed by atoms with Gasteiger partial charge in [0.15, 0.2) is 5.65 Å². The number of nitrogen functional groups attached to an aromatic ring is 1. The van der Waals surface area contributed by atoms with E-state index in [0.717, 1.165) is 26.9 Å². The van der Waals surface area contributed by atoms with E-state index in [4.69, 9.17) is 5.73 Å². The van der Waals surface area contributed by atoms with Crippen LogP contribution in [0.2, 0.25) is 0 Å². The average Bonchev–Trinajstić information content (AvgIpc) is 2.82. The highest BCUT2D eigenvalue weighted by Gasteiger charge is 2.16. The number of nitrogens with two attached hydrogens (primary N) is 1. The monoisotopic (exact) mass is 319 g/mol. The second-order valence-electron chi connectivity index (χ2n) is 4.53. The van der Waals surface area contributed by atoms with Crippen molar-refractivity contribution in [2.75, 3.05) is 5.73 Å². The number of fused-ring (bicyclic) bond motifs is 1. The molecule has 0 aliphatic rings. The summed E-state index contributed by atoms with van der Waals surface area (Å²) in [7, 11) is 1.91. The molecule has 1 aromatic carbocycles. The van der Waals surface area contributed by atoms with Gasteiger partial charge in [-0.25, -0.2) is 4.98 Å². The molecule has 98 valence electrons. The fraction of sp³-hybridized carbons (Fsp3) is 0.231. The molecule has 0 unspecified atom stereocenters. The van der Waals surface area contributed by atoms with Crippen molar-refractivity contribution in [1.82, 2.24) is 19.3 Å². The number of benzene rings is 1. The average molecular weight is 320 g/mol. The third-order valence-electron chi connectivity index (χ3n) is 3.21. The first-order valence-corrected chi connectivity index (χ1v) is 6.76. The van der Waals surface area contributed by atoms with Crippen molar-refractivity contribution in [2.45, 2.75) is 13.5 Å². The van der Waals surface area contributed by atoms with Crippen molar-refractivity contribution < 1.29 is 0 Å². The Morgan fingerprint density at radius 3 is 2.79 bits per heavy atom. The maximum Gasteiger partial charge on any atom is 0.202 e. The van der Waals surface area contributed by atoms with Gasteiger partial charge in [-0.1, -0.05) is 34.1 Å². The Kier molecular flexibility index (Phi) is 2.82. The van der Waals surface area contributed by atoms with Crippen LogP contribution in [0, 0.1) is 6.92 Å². The third kappa shape index (κ3) is 1.92. The largest absolute Gasteiger partial charge is 0.369 e. The lowest BCUT2D eigenvalue weighted by atomic mass is 10.2. The van der Waals surface area contributed by atoms with Gasteiger partial charge in [0, 0.05) is 11.5 Å². The number of aryl methyl sites for hydroxylation is 2. The summed E-state index contributed by atoms with van der Waals surface area (Å²) in [5.74, 6) is 0.516. The van der Waals surface area contributed by atoms with Crippen molar-refractivity contribution in [2.24, 2.45) is 7.05 Å². The van der Waals surface area contributed by atoms with Crippen molar-refractivity contribution in [3.63, 3.8) is 0 Å². The third-order valence-corrected chi connectivity index (χ3v) is 3.98. The normalized spacial score (nSPS) is 11.3. The first kappa shape index (κ1) is 12.2. The minimum atomic E-state index is 0.516. The lowest BCUT2D eigenvalue weighted by Crippen LogP contribution is -2.08. The topological polar surface area (TPSA) is 61.7 Å². The molecule has 0 radical (unpaired) electrons. The fourth-order valence-electron chi connectivity index (χ4n) is 2.30. The van der Waals surface area contributed by atoms with Gasteiger partial charge in [0.1, 0.15) is 5.52 Å². The van der Waals surface area contributed by atoms with Gasteiger partial charge >= 0.3 is 0 Å². The van der Waals surface area contributed by atoms with Crippen LogP contribution in [0.3, 0.4) is 0 Å². The van der Waals surface area contributed by atoms with E-state index in [1.807, 2.05) is 41.4 Å². The summed E-state index contributed by atoms with van der Waals surface area (Å²) in [6.07, 6.45) is 0. The standard InChI is InChI=1S/C13H14BrN5/c1-8-11-12(18(2)17-8)19(13(15)16-11)7-9-5-3-4-6-10(9)14/h3-6H,7H2,1-2H3,(H2,15,16). The zero-order chi connectivity index (χ0) is 13.6. The highest BCUT2D eigenvalue weighted by atomic mass is 79.9. The first-order valence-electron chi connectivity index (χ1n) is 5.96. The number of halogens is 1. The first-order chi connectivity index (χ1) is 9.08. The molecule has 19 heavy (non-hydrogen) atoms. The molecule has 6 heteroatoms. The Hall–Kier alpha value is -1.82. The van der Waals surface area contributed by atoms with Crippen molar-refractivity contribution in [1.29, 1.82) is 0 Å². The van der Waals surface area contributed by atoms with Crippen molar-refractivity contribution in [3.8, 4) is 0 Å². The number of aromatic nitrogens is 4. The number of rotatable bonds is 2. The van der Waals surface area contributed by atoms with Gasteiger partial charge in [-0.15, -0.1) is 0 Å². The second-order valence-corrected chi connectivity index (χ2v) is 5.38. The van der Waals surface area contributed by atoms with E-state index in [2.05, 4.69) is 32.1 Å². The Labute approximate surface area is 119 Å². The molecular weight excluding hydrogens is 306 g/mol. The molecule has 0 aliphatic carbocycles. The van der Waals surface area contributed by atoms with Gasteiger partial charge in [-0.3, -0.25) is 9.25 Å². The van der Waals surface area contributed by atoms with Crippen LogP contribution in [0.5, 0.6) is 0 Å². The molecule has 0 amide bonds. The summed E-state index contributed by atoms with van der Waals surface area (Å²) in [5.41, 5.74) is 9.90. The van der Waals surface area contributed by atoms with Crippen LogP contribution in [0.1, 0.15) is 11.3 Å². The van der Waals surface area contributed by atoms with Crippen LogP contribution in [-0.4, -0.2) is 19.3 Å². The van der Waals surface area contributed by atoms with Gasteiger partial charge in [0.2, 0.25) is 5.95 Å². The number of nitrogens with zero attached hydrogens (tertiary/aromatic N) is 4. The molecule has 0 saturated carbocycles. The SMILES string of the molecule is Cc1nn(C)c2c1nc(N)n2Cc1ccccc1Br. The summed E-state index contributed by atoms with van der Waals surface area (Å²) in [5, 5.41) is 4.38. The summed E-state index contributed by atoms with van der Waals surface area (Å²) in [6, 6.07) is 8.10. The molecule has 2 N–H and O–H groups in total. The molecule has 0 bridgehead atoms. The van der Waals surface area contributed by atoms with Crippen LogP contribution in [0.15, 0.2) is 28.7 Å². The van der Waals surface area contributed by atoms with E-state index in [-0.39, 0.29) is 0 Å². The molecule has 2 heterocycles. The van der Waals surface area contributed by atoms with Gasteiger partial charge in [-0.05, 0) is 18.6 Å². The minimum absolute atomic E-state index is 0.516. The number of imidazole rings is 1. The minimum Gasteiger partial charge on any atom is -0.369 e. The molecule has 2 aromatic heterocycles. The Bertz CT molecular complexity index is 756. The van der Waals surface area contributed by atoms with E-state index >= 15 is 0 Å². The van der Waals surface area contributed by atoms with Crippen LogP contribution in [-0.2, 0) is 13.6 Å². The summed E-state index contributed by atoms with van der Waals surface area (Å²) >= 11 is 3.56. The van der Waals surface area contributed by atoms with Gasteiger partial charge in [0.25, 0.3) is 0 Å². The molecule has 3 rings (SSSR count).